The van der Waals surface area contributed by atoms with E-state index in [-0.39, 0.29) is 30.3 Å². The highest BCUT2D eigenvalue weighted by atomic mass is 32.2. The third-order valence-electron chi connectivity index (χ3n) is 8.34. The van der Waals surface area contributed by atoms with Crippen LogP contribution in [0.3, 0.4) is 0 Å². The molecule has 3 aliphatic heterocycles. The first-order valence-corrected chi connectivity index (χ1v) is 13.9. The fraction of sp³-hybridized carbons (Fsp3) is 0.393. The Bertz CT molecular complexity index is 1450. The molecule has 3 aromatic rings. The molecule has 6 rings (SSSR count). The van der Waals surface area contributed by atoms with Gasteiger partial charge in [-0.2, -0.15) is 0 Å². The number of nitrogens with zero attached hydrogens (tertiary/aromatic N) is 5. The number of carboxylic acid groups (broad SMARTS) is 1. The molecular weight excluding hydrogens is 518 g/mol. The molecule has 0 aliphatic carbocycles. The van der Waals surface area contributed by atoms with E-state index in [0.717, 1.165) is 5.52 Å². The highest BCUT2D eigenvalue weighted by molar-refractivity contribution is 8.02. The summed E-state index contributed by atoms with van der Waals surface area (Å²) in [5, 5.41) is 28.9. The zero-order valence-electron chi connectivity index (χ0n) is 21.2. The number of carboxylic acids is 1. The van der Waals surface area contributed by atoms with Crippen LogP contribution in [0, 0.1) is 11.8 Å². The van der Waals surface area contributed by atoms with Gasteiger partial charge in [-0.1, -0.05) is 53.8 Å². The van der Waals surface area contributed by atoms with Gasteiger partial charge in [-0.25, -0.2) is 4.68 Å². The molecule has 202 valence electrons. The summed E-state index contributed by atoms with van der Waals surface area (Å²) >= 11 is 1.47. The van der Waals surface area contributed by atoms with Gasteiger partial charge in [-0.15, -0.1) is 23.4 Å². The normalized spacial score (nSPS) is 28.0. The monoisotopic (exact) mass is 547 g/mol. The smallest absolute Gasteiger partial charge is 0.308 e. The molecule has 1 spiro atoms. The minimum absolute atomic E-state index is 0.0796. The lowest BCUT2D eigenvalue weighted by Crippen LogP contribution is -2.55. The van der Waals surface area contributed by atoms with Crippen molar-refractivity contribution in [1.82, 2.24) is 24.8 Å². The molecule has 0 saturated carbocycles. The largest absolute Gasteiger partial charge is 0.481 e. The van der Waals surface area contributed by atoms with Crippen LogP contribution in [0.25, 0.3) is 11.0 Å². The molecule has 0 radical (unpaired) electrons. The Kier molecular flexibility index (Phi) is 6.43. The van der Waals surface area contributed by atoms with Crippen LogP contribution in [-0.4, -0.2) is 82.0 Å². The van der Waals surface area contributed by atoms with Crippen LogP contribution in [0.5, 0.6) is 0 Å². The summed E-state index contributed by atoms with van der Waals surface area (Å²) in [5.41, 5.74) is 2.14. The Balaban J connectivity index is 1.44. The first-order chi connectivity index (χ1) is 18.9. The number of carbonyl (C=O) groups is 3. The lowest BCUT2D eigenvalue weighted by Gasteiger charge is -2.39. The van der Waals surface area contributed by atoms with Gasteiger partial charge in [0.25, 0.3) is 0 Å². The number of amides is 2. The van der Waals surface area contributed by atoms with E-state index in [4.69, 9.17) is 0 Å². The average Bonchev–Trinajstić information content (AvgIpc) is 3.69. The number of para-hydroxylation sites is 1. The van der Waals surface area contributed by atoms with Crippen LogP contribution in [0.4, 0.5) is 0 Å². The van der Waals surface area contributed by atoms with Gasteiger partial charge >= 0.3 is 5.97 Å². The van der Waals surface area contributed by atoms with E-state index in [2.05, 4.69) is 16.9 Å². The van der Waals surface area contributed by atoms with E-state index >= 15 is 0 Å². The fourth-order valence-electron chi connectivity index (χ4n) is 6.75. The Morgan fingerprint density at radius 3 is 2.67 bits per heavy atom. The van der Waals surface area contributed by atoms with Gasteiger partial charge in [0.1, 0.15) is 18.2 Å². The van der Waals surface area contributed by atoms with E-state index in [0.29, 0.717) is 23.9 Å². The molecule has 1 aromatic heterocycles. The van der Waals surface area contributed by atoms with Gasteiger partial charge in [-0.3, -0.25) is 14.4 Å². The molecule has 3 fully saturated rings. The number of hydrogen-bond donors (Lipinski definition) is 2. The predicted molar refractivity (Wildman–Crippen MR) is 144 cm³/mol. The van der Waals surface area contributed by atoms with Crippen molar-refractivity contribution in [2.45, 2.75) is 41.6 Å². The third-order valence-corrected chi connectivity index (χ3v) is 10.3. The number of hydrogen-bond acceptors (Lipinski definition) is 7. The van der Waals surface area contributed by atoms with Crippen LogP contribution in [0.1, 0.15) is 24.4 Å². The summed E-state index contributed by atoms with van der Waals surface area (Å²) in [6, 6.07) is 14.8. The van der Waals surface area contributed by atoms with Crippen molar-refractivity contribution in [3.63, 3.8) is 0 Å². The molecule has 3 saturated heterocycles. The number of aliphatic carboxylic acids is 1. The maximum atomic E-state index is 14.6. The Labute approximate surface area is 229 Å². The SMILES string of the molecule is C=CCN(Cn1nnc2ccccc21)C(=O)C1N([C@H](CO)c2ccccc2)C(=O)[C@@H]2[C@@H](C(=O)O)[C@H]3CCC12S3. The van der Waals surface area contributed by atoms with Crippen molar-refractivity contribution in [2.24, 2.45) is 11.8 Å². The minimum Gasteiger partial charge on any atom is -0.481 e. The van der Waals surface area contributed by atoms with Crippen molar-refractivity contribution < 1.29 is 24.6 Å². The third kappa shape index (κ3) is 3.86. The van der Waals surface area contributed by atoms with Crippen LogP contribution in [0.15, 0.2) is 67.3 Å². The number of fused-ring (bicyclic) bond motifs is 2. The summed E-state index contributed by atoms with van der Waals surface area (Å²) in [6.07, 6.45) is 2.79. The second kappa shape index (κ2) is 9.80. The second-order valence-electron chi connectivity index (χ2n) is 10.3. The zero-order valence-corrected chi connectivity index (χ0v) is 22.0. The minimum atomic E-state index is -1.02. The van der Waals surface area contributed by atoms with Crippen molar-refractivity contribution >= 4 is 40.6 Å². The number of carbonyl (C=O) groups excluding carboxylic acids is 2. The average molecular weight is 548 g/mol. The fourth-order valence-corrected chi connectivity index (χ4v) is 8.94. The maximum Gasteiger partial charge on any atom is 0.308 e. The predicted octanol–water partition coefficient (Wildman–Crippen LogP) is 2.31. The van der Waals surface area contributed by atoms with E-state index in [9.17, 15) is 24.6 Å². The molecule has 4 heterocycles. The highest BCUT2D eigenvalue weighted by Crippen LogP contribution is 2.67. The van der Waals surface area contributed by atoms with Gasteiger partial charge < -0.3 is 20.0 Å². The summed E-state index contributed by atoms with van der Waals surface area (Å²) in [6.45, 7) is 3.71. The number of benzene rings is 2. The zero-order chi connectivity index (χ0) is 27.3. The van der Waals surface area contributed by atoms with Crippen molar-refractivity contribution in [2.75, 3.05) is 13.2 Å². The summed E-state index contributed by atoms with van der Waals surface area (Å²) in [7, 11) is 0. The van der Waals surface area contributed by atoms with Crippen LogP contribution < -0.4 is 0 Å². The van der Waals surface area contributed by atoms with E-state index in [1.165, 1.54) is 16.7 Å². The van der Waals surface area contributed by atoms with Crippen LogP contribution in [0.2, 0.25) is 0 Å². The molecule has 2 bridgehead atoms. The molecule has 2 unspecified atom stereocenters. The molecule has 11 heteroatoms. The topological polar surface area (TPSA) is 129 Å². The van der Waals surface area contributed by atoms with E-state index in [1.54, 1.807) is 15.7 Å². The number of aromatic nitrogens is 3. The van der Waals surface area contributed by atoms with Gasteiger partial charge in [-0.05, 0) is 30.5 Å². The Morgan fingerprint density at radius 2 is 1.95 bits per heavy atom. The summed E-state index contributed by atoms with van der Waals surface area (Å²) < 4.78 is 0.737. The lowest BCUT2D eigenvalue weighted by atomic mass is 9.71. The molecule has 2 N–H and O–H groups in total. The number of aliphatic hydroxyl groups is 1. The molecule has 10 nitrogen and oxygen atoms in total. The number of likely N-dealkylation sites (tertiary alicyclic amines) is 1. The molecule has 2 amide bonds. The van der Waals surface area contributed by atoms with E-state index in [1.807, 2.05) is 54.6 Å². The molecule has 6 atom stereocenters. The van der Waals surface area contributed by atoms with Gasteiger partial charge in [0, 0.05) is 11.8 Å². The number of thioether (sulfide) groups is 1. The molecule has 3 aliphatic rings. The van der Waals surface area contributed by atoms with Crippen molar-refractivity contribution in [3.8, 4) is 0 Å². The summed E-state index contributed by atoms with van der Waals surface area (Å²) in [5.74, 6) is -3.44. The van der Waals surface area contributed by atoms with Crippen molar-refractivity contribution in [3.05, 3.63) is 72.8 Å². The Hall–Kier alpha value is -3.70. The standard InChI is InChI=1S/C28H29N5O5S/c1-2-14-31(16-32-19-11-7-6-10-18(19)29-30-32)26(36)24-28-13-12-21(39-28)22(27(37)38)23(28)25(35)33(24)20(15-34)17-8-4-3-5-9-17/h2-11,20-24,34H,1,12-16H2,(H,37,38)/t20-,21-,22+,23+,24?,28?/m1/s1. The highest BCUT2D eigenvalue weighted by Gasteiger charge is 2.74. The molecule has 39 heavy (non-hydrogen) atoms. The van der Waals surface area contributed by atoms with Crippen LogP contribution in [-0.2, 0) is 21.1 Å². The van der Waals surface area contributed by atoms with E-state index < -0.39 is 41.2 Å². The quantitative estimate of drug-likeness (QED) is 0.391. The van der Waals surface area contributed by atoms with Gasteiger partial charge in [0.15, 0.2) is 0 Å². The summed E-state index contributed by atoms with van der Waals surface area (Å²) in [4.78, 5) is 44.2. The number of aliphatic hydroxyl groups excluding tert-OH is 1. The molecular formula is C28H29N5O5S. The van der Waals surface area contributed by atoms with Gasteiger partial charge in [0.05, 0.1) is 34.7 Å². The molecule has 2 aromatic carbocycles. The second-order valence-corrected chi connectivity index (χ2v) is 11.9. The number of rotatable bonds is 9. The maximum absolute atomic E-state index is 14.6. The first kappa shape index (κ1) is 25.6. The first-order valence-electron chi connectivity index (χ1n) is 13.0. The van der Waals surface area contributed by atoms with Gasteiger partial charge in [0.2, 0.25) is 11.8 Å². The lowest BCUT2D eigenvalue weighted by molar-refractivity contribution is -0.150. The van der Waals surface area contributed by atoms with Crippen molar-refractivity contribution in [1.29, 1.82) is 0 Å². The van der Waals surface area contributed by atoms with Crippen LogP contribution >= 0.6 is 11.8 Å². The Morgan fingerprint density at radius 1 is 1.21 bits per heavy atom.